The van der Waals surface area contributed by atoms with Crippen LogP contribution in [-0.2, 0) is 4.79 Å². The number of fused-ring (bicyclic) bond motifs is 2. The summed E-state index contributed by atoms with van der Waals surface area (Å²) in [7, 11) is 0. The molecular formula is C34H33ClF3N7O3S. The summed E-state index contributed by atoms with van der Waals surface area (Å²) < 4.78 is 59.4. The van der Waals surface area contributed by atoms with Crippen molar-refractivity contribution in [2.24, 2.45) is 0 Å². The zero-order valence-electron chi connectivity index (χ0n) is 26.7. The number of aromatic nitrogens is 2. The molecule has 0 spiro atoms. The normalized spacial score (nSPS) is 23.6. The van der Waals surface area contributed by atoms with E-state index in [1.165, 1.54) is 12.1 Å². The fourth-order valence-electron chi connectivity index (χ4n) is 7.98. The van der Waals surface area contributed by atoms with Crippen LogP contribution in [-0.4, -0.2) is 89.4 Å². The number of amides is 1. The van der Waals surface area contributed by atoms with Crippen LogP contribution in [0.4, 0.5) is 24.0 Å². The van der Waals surface area contributed by atoms with Crippen molar-refractivity contribution in [3.63, 3.8) is 0 Å². The second-order valence-electron chi connectivity index (χ2n) is 13.4. The van der Waals surface area contributed by atoms with Gasteiger partial charge in [-0.2, -0.15) is 15.2 Å². The predicted molar refractivity (Wildman–Crippen MR) is 181 cm³/mol. The zero-order valence-corrected chi connectivity index (χ0v) is 28.3. The third-order valence-electron chi connectivity index (χ3n) is 10.4. The Bertz CT molecular complexity index is 2070. The quantitative estimate of drug-likeness (QED) is 0.254. The van der Waals surface area contributed by atoms with Crippen LogP contribution >= 0.6 is 22.9 Å². The summed E-state index contributed by atoms with van der Waals surface area (Å²) in [5, 5.41) is 10.2. The molecule has 10 nitrogen and oxygen atoms in total. The summed E-state index contributed by atoms with van der Waals surface area (Å²) in [5.41, 5.74) is 5.40. The molecule has 4 aromatic rings. The van der Waals surface area contributed by atoms with Gasteiger partial charge >= 0.3 is 6.01 Å². The van der Waals surface area contributed by atoms with Gasteiger partial charge in [0.2, 0.25) is 5.91 Å². The molecule has 3 fully saturated rings. The molecule has 2 aromatic heterocycles. The summed E-state index contributed by atoms with van der Waals surface area (Å²) >= 11 is 7.91. The van der Waals surface area contributed by atoms with Crippen LogP contribution in [0, 0.1) is 23.0 Å². The van der Waals surface area contributed by atoms with Crippen molar-refractivity contribution in [1.82, 2.24) is 19.8 Å². The van der Waals surface area contributed by atoms with Crippen molar-refractivity contribution in [3.05, 3.63) is 34.4 Å². The van der Waals surface area contributed by atoms with E-state index in [1.54, 1.807) is 9.80 Å². The number of nitriles is 1. The highest BCUT2D eigenvalue weighted by molar-refractivity contribution is 7.23. The van der Waals surface area contributed by atoms with Crippen molar-refractivity contribution in [3.8, 4) is 29.0 Å². The highest BCUT2D eigenvalue weighted by Gasteiger charge is 2.49. The van der Waals surface area contributed by atoms with Crippen molar-refractivity contribution >= 4 is 60.7 Å². The Labute approximate surface area is 289 Å². The molecule has 0 bridgehead atoms. The third-order valence-corrected chi connectivity index (χ3v) is 11.8. The lowest BCUT2D eigenvalue weighted by Gasteiger charge is -2.31. The van der Waals surface area contributed by atoms with Gasteiger partial charge in [0.05, 0.1) is 38.8 Å². The molecule has 2 aromatic carbocycles. The maximum absolute atomic E-state index is 17.2. The van der Waals surface area contributed by atoms with Crippen LogP contribution in [0.2, 0.25) is 5.02 Å². The number of halogens is 4. The molecule has 8 rings (SSSR count). The summed E-state index contributed by atoms with van der Waals surface area (Å²) in [6, 6.07) is 4.00. The summed E-state index contributed by atoms with van der Waals surface area (Å²) in [4.78, 5) is 28.5. The molecule has 256 valence electrons. The number of hydrogen-bond acceptors (Lipinski definition) is 10. The lowest BCUT2D eigenvalue weighted by atomic mass is 9.95. The fraction of sp³-hybridized carbons (Fsp3) is 0.471. The van der Waals surface area contributed by atoms with Crippen molar-refractivity contribution in [2.75, 3.05) is 56.6 Å². The number of alkyl halides is 1. The Kier molecular flexibility index (Phi) is 7.92. The maximum Gasteiger partial charge on any atom is 0.319 e. The first kappa shape index (κ1) is 32.2. The highest BCUT2D eigenvalue weighted by Crippen LogP contribution is 2.51. The average Bonchev–Trinajstić information content (AvgIpc) is 3.86. The van der Waals surface area contributed by atoms with E-state index >= 15 is 8.78 Å². The van der Waals surface area contributed by atoms with Crippen LogP contribution < -0.4 is 20.1 Å². The number of thiophene rings is 1. The highest BCUT2D eigenvalue weighted by atomic mass is 35.5. The molecule has 2 N–H and O–H groups in total. The number of carbonyl (C=O) groups is 1. The number of benzene rings is 2. The number of likely N-dealkylation sites (tertiary alicyclic amines) is 1. The van der Waals surface area contributed by atoms with Gasteiger partial charge < -0.3 is 25.0 Å². The van der Waals surface area contributed by atoms with Crippen LogP contribution in [0.15, 0.2) is 12.1 Å². The van der Waals surface area contributed by atoms with Gasteiger partial charge in [0.25, 0.3) is 0 Å². The molecule has 0 aliphatic carbocycles. The molecule has 6 heterocycles. The number of anilines is 2. The molecule has 0 saturated carbocycles. The van der Waals surface area contributed by atoms with Crippen molar-refractivity contribution in [1.29, 1.82) is 5.26 Å². The van der Waals surface area contributed by atoms with Crippen LogP contribution in [0.5, 0.6) is 11.8 Å². The van der Waals surface area contributed by atoms with E-state index in [0.29, 0.717) is 26.1 Å². The minimum Gasteiger partial charge on any atom is -0.489 e. The molecule has 1 amide bonds. The standard InChI is InChI=1S/C34H33ClF3N7O3S/c1-17-15-47-29-25-28(27(38)24(26(29)35)19-5-6-21(37)30-23(19)20(12-39)31(40)49-30)41-33(48-16-34-7-4-10-44(34)13-18(36)11-34)42-32(25)45(17)14-22(46)43-8-2-3-9-43/h5-6,17-18H,2-4,7-11,13-16,40H2,1H3/t17-,18+,34-/m0/s1. The number of nitrogens with zero attached hydrogens (tertiary/aromatic N) is 6. The van der Waals surface area contributed by atoms with E-state index in [9.17, 15) is 14.4 Å². The van der Waals surface area contributed by atoms with Gasteiger partial charge in [0.1, 0.15) is 47.6 Å². The minimum atomic E-state index is -0.974. The topological polar surface area (TPSA) is 121 Å². The second-order valence-corrected chi connectivity index (χ2v) is 14.8. The zero-order chi connectivity index (χ0) is 34.2. The van der Waals surface area contributed by atoms with Gasteiger partial charge in [-0.1, -0.05) is 17.7 Å². The Morgan fingerprint density at radius 2 is 2.02 bits per heavy atom. The van der Waals surface area contributed by atoms with Crippen LogP contribution in [0.1, 0.15) is 44.6 Å². The number of hydrogen-bond donors (Lipinski definition) is 1. The number of carbonyl (C=O) groups excluding carboxylic acids is 1. The first-order chi connectivity index (χ1) is 23.6. The van der Waals surface area contributed by atoms with E-state index in [-0.39, 0.29) is 90.9 Å². The number of nitrogens with two attached hydrogens (primary N) is 1. The van der Waals surface area contributed by atoms with Gasteiger partial charge in [-0.15, -0.1) is 11.3 Å². The summed E-state index contributed by atoms with van der Waals surface area (Å²) in [6.07, 6.45) is 2.84. The molecule has 0 unspecified atom stereocenters. The Morgan fingerprint density at radius 3 is 2.80 bits per heavy atom. The molecule has 4 aliphatic heterocycles. The molecule has 3 atom stereocenters. The smallest absolute Gasteiger partial charge is 0.319 e. The van der Waals surface area contributed by atoms with E-state index in [4.69, 9.17) is 31.8 Å². The molecular weight excluding hydrogens is 679 g/mol. The van der Waals surface area contributed by atoms with Gasteiger partial charge in [-0.05, 0) is 50.8 Å². The first-order valence-electron chi connectivity index (χ1n) is 16.4. The fourth-order valence-corrected chi connectivity index (χ4v) is 9.26. The van der Waals surface area contributed by atoms with Gasteiger partial charge in [0.15, 0.2) is 11.6 Å². The molecule has 3 saturated heterocycles. The molecule has 4 aliphatic rings. The predicted octanol–water partition coefficient (Wildman–Crippen LogP) is 6.06. The van der Waals surface area contributed by atoms with Crippen molar-refractivity contribution < 1.29 is 27.4 Å². The monoisotopic (exact) mass is 711 g/mol. The first-order valence-corrected chi connectivity index (χ1v) is 17.6. The number of rotatable bonds is 6. The summed E-state index contributed by atoms with van der Waals surface area (Å²) in [6.45, 7) is 4.41. The van der Waals surface area contributed by atoms with E-state index in [2.05, 4.69) is 9.88 Å². The van der Waals surface area contributed by atoms with Crippen molar-refractivity contribution in [2.45, 2.75) is 56.8 Å². The summed E-state index contributed by atoms with van der Waals surface area (Å²) in [5.74, 6) is -1.27. The lowest BCUT2D eigenvalue weighted by Crippen LogP contribution is -2.45. The second kappa shape index (κ2) is 12.1. The molecule has 0 radical (unpaired) electrons. The van der Waals surface area contributed by atoms with E-state index in [1.807, 2.05) is 13.0 Å². The van der Waals surface area contributed by atoms with Gasteiger partial charge in [-0.3, -0.25) is 9.69 Å². The van der Waals surface area contributed by atoms with Gasteiger partial charge in [-0.25, -0.2) is 13.2 Å². The Morgan fingerprint density at radius 1 is 1.22 bits per heavy atom. The molecule has 15 heteroatoms. The Hall–Kier alpha value is -4.06. The van der Waals surface area contributed by atoms with Gasteiger partial charge in [0, 0.05) is 37.0 Å². The van der Waals surface area contributed by atoms with Crippen LogP contribution in [0.25, 0.3) is 32.1 Å². The minimum absolute atomic E-state index is 0.00701. The van der Waals surface area contributed by atoms with E-state index < -0.39 is 29.4 Å². The number of ether oxygens (including phenoxy) is 2. The number of nitrogen functional groups attached to an aromatic ring is 1. The lowest BCUT2D eigenvalue weighted by molar-refractivity contribution is -0.128. The SMILES string of the molecule is C[C@H]1COc2c(Cl)c(-c3ccc(F)c4sc(N)c(C#N)c34)c(F)c3nc(OC[C@@]45CCCN4C[C@H](F)C5)nc(c23)N1CC(=O)N1CCCC1. The third kappa shape index (κ3) is 5.11. The largest absolute Gasteiger partial charge is 0.489 e. The molecule has 49 heavy (non-hydrogen) atoms. The van der Waals surface area contributed by atoms with Crippen LogP contribution in [0.3, 0.4) is 0 Å². The Balaban J connectivity index is 1.33. The average molecular weight is 712 g/mol. The maximum atomic E-state index is 17.2. The van der Waals surface area contributed by atoms with E-state index in [0.717, 1.165) is 43.6 Å².